The van der Waals surface area contributed by atoms with E-state index < -0.39 is 173 Å². The molecule has 0 aromatic heterocycles. The highest BCUT2D eigenvalue weighted by molar-refractivity contribution is 5.67. The van der Waals surface area contributed by atoms with Crippen molar-refractivity contribution in [1.82, 2.24) is 0 Å². The number of aliphatic hydroxyl groups excluding tert-OH is 20. The Morgan fingerprint density at radius 1 is 0.262 bits per heavy atom. The molecule has 1 aliphatic rings. The average Bonchev–Trinajstić information content (AvgIpc) is 2.04. The summed E-state index contributed by atoms with van der Waals surface area (Å²) in [6, 6.07) is 11.7. The van der Waals surface area contributed by atoms with Crippen LogP contribution < -0.4 is 19.6 Å². The van der Waals surface area contributed by atoms with Gasteiger partial charge in [-0.2, -0.15) is 0 Å². The summed E-state index contributed by atoms with van der Waals surface area (Å²) < 4.78 is 0. The Balaban J connectivity index is 1.80. The fraction of sp³-hybridized carbons (Fsp3) is 0.571. The molecule has 4 aromatic rings. The smallest absolute Gasteiger partial charge is 0.122 e. The van der Waals surface area contributed by atoms with E-state index in [0.29, 0.717) is 0 Å². The van der Waals surface area contributed by atoms with Gasteiger partial charge in [-0.25, -0.2) is 0 Å². The van der Waals surface area contributed by atoms with Crippen LogP contribution in [0.15, 0.2) is 48.5 Å². The molecule has 0 aliphatic heterocycles. The van der Waals surface area contributed by atoms with Gasteiger partial charge in [0.15, 0.2) is 0 Å². The van der Waals surface area contributed by atoms with Crippen LogP contribution in [0.25, 0.3) is 0 Å². The summed E-state index contributed by atoms with van der Waals surface area (Å²) in [4.78, 5) is 5.65. The molecule has 28 heteroatoms. The number of aromatic hydroxyl groups is 4. The summed E-state index contributed by atoms with van der Waals surface area (Å²) in [6.45, 7) is -5.58. The molecular weight excluding hydrogens is 1110 g/mol. The summed E-state index contributed by atoms with van der Waals surface area (Å²) in [5.41, 5.74) is 1.47. The highest BCUT2D eigenvalue weighted by Crippen LogP contribution is 2.43. The SMILES string of the molecule is CN(C[C@H](O)[C@@H](O)[C@H](O)[C@H](O)CO)c1cc2c(O)c(c1)Cc1cc(N(C)C[C@H](O)[C@@H](O)[C@H](O)[C@H](O)CO)cc(c1O)Cc1cc(N(C)C[C@H](O)[C@@H](O)[C@H](O)[C@H](O)CO)cc(c1O)Cc1cc(N(C)C[C@H](O)[C@@H](O)[C@H](O)[C@H](O)CO)cc(c1O)C2. The van der Waals surface area contributed by atoms with Crippen molar-refractivity contribution < 1.29 is 123 Å². The molecule has 0 saturated heterocycles. The summed E-state index contributed by atoms with van der Waals surface area (Å²) in [5.74, 6) is -1.59. The minimum atomic E-state index is -1.99. The van der Waals surface area contributed by atoms with Gasteiger partial charge in [0.25, 0.3) is 0 Å². The maximum Gasteiger partial charge on any atom is 0.122 e. The lowest BCUT2D eigenvalue weighted by molar-refractivity contribution is -0.112. The van der Waals surface area contributed by atoms with Crippen LogP contribution in [0.2, 0.25) is 0 Å². The summed E-state index contributed by atoms with van der Waals surface area (Å²) >= 11 is 0. The van der Waals surface area contributed by atoms with E-state index in [1.165, 1.54) is 96.3 Å². The van der Waals surface area contributed by atoms with Crippen molar-refractivity contribution in [3.05, 3.63) is 93.0 Å². The predicted octanol–water partition coefficient (Wildman–Crippen LogP) is -7.33. The number of aliphatic hydroxyl groups is 20. The molecule has 28 nitrogen and oxygen atoms in total. The van der Waals surface area contributed by atoms with E-state index in [2.05, 4.69) is 0 Å². The molecule has 0 amide bonds. The number of phenolic OH excluding ortho intramolecular Hbond substituents is 4. The third-order valence-corrected chi connectivity index (χ3v) is 15.4. The summed E-state index contributed by atoms with van der Waals surface area (Å²) in [6.07, 6.45) is -31.7. The second kappa shape index (κ2) is 30.2. The van der Waals surface area contributed by atoms with Gasteiger partial charge >= 0.3 is 0 Å². The Bertz CT molecular complexity index is 2310. The first-order valence-corrected chi connectivity index (χ1v) is 27.0. The molecular formula is C56H84N4O24. The number of nitrogens with zero attached hydrogens (tertiary/aromatic N) is 4. The van der Waals surface area contributed by atoms with E-state index in [0.717, 1.165) is 0 Å². The molecule has 4 aromatic carbocycles. The molecule has 16 atom stereocenters. The maximum absolute atomic E-state index is 12.4. The number of rotatable bonds is 28. The number of benzene rings is 4. The number of phenols is 4. The summed E-state index contributed by atoms with van der Waals surface area (Å²) in [7, 11) is 5.89. The van der Waals surface area contributed by atoms with Gasteiger partial charge in [-0.1, -0.05) is 0 Å². The van der Waals surface area contributed by atoms with Gasteiger partial charge in [-0.05, 0) is 48.5 Å². The van der Waals surface area contributed by atoms with Crippen LogP contribution in [0.4, 0.5) is 22.7 Å². The van der Waals surface area contributed by atoms with E-state index in [9.17, 15) is 123 Å². The lowest BCUT2D eigenvalue weighted by Crippen LogP contribution is -2.49. The van der Waals surface area contributed by atoms with E-state index >= 15 is 0 Å². The van der Waals surface area contributed by atoms with Gasteiger partial charge in [0, 0.05) is 147 Å². The van der Waals surface area contributed by atoms with E-state index in [4.69, 9.17) is 0 Å². The van der Waals surface area contributed by atoms with Crippen LogP contribution >= 0.6 is 0 Å². The molecule has 8 bridgehead atoms. The quantitative estimate of drug-likeness (QED) is 0.0221. The van der Waals surface area contributed by atoms with Crippen LogP contribution in [-0.4, -0.2) is 301 Å². The minimum Gasteiger partial charge on any atom is -0.507 e. The third-order valence-electron chi connectivity index (χ3n) is 15.4. The van der Waals surface area contributed by atoms with Crippen LogP contribution in [0.3, 0.4) is 0 Å². The van der Waals surface area contributed by atoms with Gasteiger partial charge in [-0.3, -0.25) is 0 Å². The van der Waals surface area contributed by atoms with Crippen molar-refractivity contribution in [2.75, 3.05) is 100 Å². The predicted molar refractivity (Wildman–Crippen MR) is 301 cm³/mol. The molecule has 0 heterocycles. The molecule has 0 spiro atoms. The standard InChI is InChI=1S/C56H84N4O24/c1-57(17-37(65)49(77)53(81)41(69)21-61)33-9-25-5-27-11-34(58(2)18-38(66)50(78)54(82)42(70)22-62)13-29(46(27)74)7-31-15-36(60(4)20-40(68)52(80)56(84)44(72)24-64)16-32(48(31)76)8-30-14-35(12-28(47(30)75)6-26(10-33)45(25)73)59(3)19-39(67)51(79)55(83)43(71)23-63/h9-16,37-44,49-56,61-84H,5-8,17-24H2,1-4H3/t37-,38-,39-,40-,41+,42+,43+,44+,49+,50+,51+,52+,53+,54+,55+,56+/m0/s1. The van der Waals surface area contributed by atoms with Gasteiger partial charge in [0.05, 0.1) is 50.8 Å². The van der Waals surface area contributed by atoms with E-state index in [-0.39, 0.29) is 92.9 Å². The van der Waals surface area contributed by atoms with Gasteiger partial charge in [-0.15, -0.1) is 0 Å². The molecule has 84 heavy (non-hydrogen) atoms. The number of anilines is 4. The number of likely N-dealkylation sites (N-methyl/N-ethyl adjacent to an activating group) is 4. The fourth-order valence-electron chi connectivity index (χ4n) is 9.98. The molecule has 5 rings (SSSR count). The van der Waals surface area contributed by atoms with Crippen LogP contribution in [-0.2, 0) is 25.7 Å². The Morgan fingerprint density at radius 2 is 0.393 bits per heavy atom. The first-order valence-electron chi connectivity index (χ1n) is 27.0. The molecule has 472 valence electrons. The lowest BCUT2D eigenvalue weighted by Gasteiger charge is -2.31. The van der Waals surface area contributed by atoms with Gasteiger partial charge in [0.1, 0.15) is 96.2 Å². The molecule has 24 N–H and O–H groups in total. The van der Waals surface area contributed by atoms with E-state index in [1.807, 2.05) is 0 Å². The first-order chi connectivity index (χ1) is 39.4. The normalized spacial score (nSPS) is 18.6. The summed E-state index contributed by atoms with van der Waals surface area (Å²) in [5, 5.41) is 256. The zero-order chi connectivity index (χ0) is 62.9. The maximum atomic E-state index is 12.4. The average molecular weight is 1200 g/mol. The molecule has 0 unspecified atom stereocenters. The molecule has 1 aliphatic carbocycles. The Morgan fingerprint density at radius 3 is 0.524 bits per heavy atom. The van der Waals surface area contributed by atoms with Crippen molar-refractivity contribution in [1.29, 1.82) is 0 Å². The first kappa shape index (κ1) is 69.3. The van der Waals surface area contributed by atoms with Gasteiger partial charge in [0.2, 0.25) is 0 Å². The molecule has 0 saturated carbocycles. The highest BCUT2D eigenvalue weighted by Gasteiger charge is 2.35. The van der Waals surface area contributed by atoms with Crippen LogP contribution in [0, 0.1) is 0 Å². The van der Waals surface area contributed by atoms with Crippen molar-refractivity contribution in [2.45, 2.75) is 123 Å². The largest absolute Gasteiger partial charge is 0.507 e. The van der Waals surface area contributed by atoms with Crippen molar-refractivity contribution in [3.63, 3.8) is 0 Å². The highest BCUT2D eigenvalue weighted by atomic mass is 16.4. The Kier molecular flexibility index (Phi) is 24.9. The van der Waals surface area contributed by atoms with E-state index in [1.54, 1.807) is 0 Å². The second-order valence-corrected chi connectivity index (χ2v) is 21.9. The number of fused-ring (bicyclic) bond motifs is 8. The van der Waals surface area contributed by atoms with Crippen molar-refractivity contribution in [3.8, 4) is 23.0 Å². The minimum absolute atomic E-state index is 0.0738. The second-order valence-electron chi connectivity index (χ2n) is 21.9. The lowest BCUT2D eigenvalue weighted by atomic mass is 9.90. The monoisotopic (exact) mass is 1200 g/mol. The third kappa shape index (κ3) is 16.5. The zero-order valence-corrected chi connectivity index (χ0v) is 46.9. The number of hydrogen-bond acceptors (Lipinski definition) is 28. The zero-order valence-electron chi connectivity index (χ0n) is 46.9. The Labute approximate surface area is 483 Å². The van der Waals surface area contributed by atoms with Crippen LogP contribution in [0.1, 0.15) is 44.5 Å². The fourth-order valence-corrected chi connectivity index (χ4v) is 9.98. The molecule has 0 radical (unpaired) electrons. The Hall–Kier alpha value is -5.52. The van der Waals surface area contributed by atoms with Gasteiger partial charge < -0.3 is 142 Å². The van der Waals surface area contributed by atoms with Crippen LogP contribution in [0.5, 0.6) is 23.0 Å². The molecule has 0 fully saturated rings. The van der Waals surface area contributed by atoms with Crippen molar-refractivity contribution >= 4 is 22.7 Å². The van der Waals surface area contributed by atoms with Crippen molar-refractivity contribution in [2.24, 2.45) is 0 Å². The number of hydrogen-bond donors (Lipinski definition) is 24. The topological polar surface area (TPSA) is 498 Å².